The van der Waals surface area contributed by atoms with Crippen LogP contribution in [0, 0.1) is 11.3 Å². The Morgan fingerprint density at radius 3 is 1.81 bits per heavy atom. The molecule has 8 aromatic carbocycles. The van der Waals surface area contributed by atoms with E-state index in [1.165, 1.54) is 93.2 Å². The summed E-state index contributed by atoms with van der Waals surface area (Å²) >= 11 is 1.81. The first-order chi connectivity index (χ1) is 26.8. The Kier molecular flexibility index (Phi) is 6.96. The van der Waals surface area contributed by atoms with Crippen molar-refractivity contribution in [1.29, 1.82) is 5.26 Å². The normalized spacial score (nSPS) is 16.6. The third-order valence-electron chi connectivity index (χ3n) is 11.8. The lowest BCUT2D eigenvalue weighted by atomic mass is 9.65. The molecule has 11 rings (SSSR count). The quantitative estimate of drug-likeness (QED) is 0.171. The zero-order valence-corrected chi connectivity index (χ0v) is 30.3. The number of allylic oxidation sites excluding steroid dienone is 4. The van der Waals surface area contributed by atoms with Gasteiger partial charge in [-0.25, -0.2) is 0 Å². The van der Waals surface area contributed by atoms with Crippen molar-refractivity contribution in [2.75, 3.05) is 0 Å². The van der Waals surface area contributed by atoms with E-state index in [4.69, 9.17) is 0 Å². The maximum Gasteiger partial charge on any atom is 0.100 e. The molecule has 1 atom stereocenters. The third-order valence-corrected chi connectivity index (χ3v) is 13.1. The summed E-state index contributed by atoms with van der Waals surface area (Å²) in [5, 5.41) is 15.4. The Morgan fingerprint density at radius 2 is 1.11 bits per heavy atom. The molecule has 1 spiro atoms. The van der Waals surface area contributed by atoms with E-state index in [1.807, 2.05) is 17.8 Å². The van der Waals surface area contributed by atoms with Crippen molar-refractivity contribution in [3.8, 4) is 50.6 Å². The summed E-state index contributed by atoms with van der Waals surface area (Å²) in [7, 11) is 0. The number of hydrogen-bond acceptors (Lipinski definition) is 2. The smallest absolute Gasteiger partial charge is 0.100 e. The number of benzene rings is 8. The molecule has 54 heavy (non-hydrogen) atoms. The first kappa shape index (κ1) is 31.2. The number of fused-ring (bicyclic) bond motifs is 10. The van der Waals surface area contributed by atoms with Crippen LogP contribution < -0.4 is 0 Å². The van der Waals surface area contributed by atoms with E-state index < -0.39 is 5.41 Å². The van der Waals surface area contributed by atoms with Crippen LogP contribution in [0.4, 0.5) is 0 Å². The van der Waals surface area contributed by atoms with Gasteiger partial charge >= 0.3 is 0 Å². The van der Waals surface area contributed by atoms with Gasteiger partial charge in [0.2, 0.25) is 0 Å². The Morgan fingerprint density at radius 1 is 0.500 bits per heavy atom. The van der Waals surface area contributed by atoms with Gasteiger partial charge in [0.15, 0.2) is 0 Å². The number of nitriles is 1. The minimum absolute atomic E-state index is 0.535. The van der Waals surface area contributed by atoms with Gasteiger partial charge in [0, 0.05) is 4.90 Å². The fourth-order valence-corrected chi connectivity index (χ4v) is 11.0. The molecule has 1 nitrogen and oxygen atoms in total. The monoisotopic (exact) mass is 703 g/mol. The molecule has 8 aromatic rings. The summed E-state index contributed by atoms with van der Waals surface area (Å²) in [4.78, 5) is 2.47. The van der Waals surface area contributed by atoms with Crippen molar-refractivity contribution in [1.82, 2.24) is 0 Å². The van der Waals surface area contributed by atoms with Crippen LogP contribution >= 0.6 is 11.8 Å². The standard InChI is InChI=1S/C52H33NS/c53-32-36-18-11-26-47-51(36)54-49-27-10-9-25-46(49)52(47)45-24-8-7-19-39(45)40-29-28-35(30-48(40)52)50-41-22-12-20-37(33-14-3-1-4-15-33)43(41)31-44-38(21-13-23-42(44)50)34-16-5-2-6-17-34/h1-9,11-26,28-31H,10,27H2. The van der Waals surface area contributed by atoms with Crippen LogP contribution in [0.15, 0.2) is 191 Å². The van der Waals surface area contributed by atoms with Crippen LogP contribution in [0.1, 0.15) is 35.1 Å². The number of hydrogen-bond donors (Lipinski definition) is 0. The SMILES string of the molecule is N#Cc1cccc2c1SC1=C(C=CCC1)C21c2ccccc2-c2ccc(-c3c4cccc(-c5ccccc5)c4cc4c(-c5ccccc5)cccc34)cc21. The number of rotatable bonds is 3. The van der Waals surface area contributed by atoms with Crippen LogP contribution in [-0.4, -0.2) is 0 Å². The fourth-order valence-electron chi connectivity index (χ4n) is 9.61. The van der Waals surface area contributed by atoms with Crippen LogP contribution in [0.2, 0.25) is 0 Å². The number of thioether (sulfide) groups is 1. The van der Waals surface area contributed by atoms with Gasteiger partial charge in [-0.1, -0.05) is 170 Å². The maximum absolute atomic E-state index is 10.4. The molecule has 0 saturated heterocycles. The zero-order valence-electron chi connectivity index (χ0n) is 29.5. The molecule has 2 aliphatic carbocycles. The van der Waals surface area contributed by atoms with Gasteiger partial charge in [0.1, 0.15) is 6.07 Å². The molecule has 0 aromatic heterocycles. The highest BCUT2D eigenvalue weighted by atomic mass is 32.2. The summed E-state index contributed by atoms with van der Waals surface area (Å²) in [6.07, 6.45) is 6.72. The van der Waals surface area contributed by atoms with Gasteiger partial charge in [-0.15, -0.1) is 0 Å². The minimum Gasteiger partial charge on any atom is -0.192 e. The van der Waals surface area contributed by atoms with Gasteiger partial charge in [-0.3, -0.25) is 0 Å². The first-order valence-corrected chi connectivity index (χ1v) is 19.5. The van der Waals surface area contributed by atoms with Crippen molar-refractivity contribution >= 4 is 33.3 Å². The molecule has 0 bridgehead atoms. The molecule has 1 aliphatic heterocycles. The topological polar surface area (TPSA) is 23.8 Å². The Bertz CT molecular complexity index is 2870. The first-order valence-electron chi connectivity index (χ1n) is 18.7. The highest BCUT2D eigenvalue weighted by Gasteiger charge is 2.51. The molecule has 0 N–H and O–H groups in total. The molecule has 0 amide bonds. The van der Waals surface area contributed by atoms with Gasteiger partial charge in [0.25, 0.3) is 0 Å². The lowest BCUT2D eigenvalue weighted by molar-refractivity contribution is 0.723. The highest BCUT2D eigenvalue weighted by molar-refractivity contribution is 8.03. The van der Waals surface area contributed by atoms with E-state index in [0.29, 0.717) is 0 Å². The van der Waals surface area contributed by atoms with Crippen molar-refractivity contribution in [3.05, 3.63) is 209 Å². The van der Waals surface area contributed by atoms with Crippen molar-refractivity contribution in [3.63, 3.8) is 0 Å². The van der Waals surface area contributed by atoms with Crippen LogP contribution in [-0.2, 0) is 5.41 Å². The molecule has 252 valence electrons. The molecule has 0 saturated carbocycles. The second kappa shape index (κ2) is 12.1. The summed E-state index contributed by atoms with van der Waals surface area (Å²) in [6.45, 7) is 0. The second-order valence-corrected chi connectivity index (χ2v) is 15.6. The predicted octanol–water partition coefficient (Wildman–Crippen LogP) is 13.9. The van der Waals surface area contributed by atoms with E-state index in [0.717, 1.165) is 23.3 Å². The van der Waals surface area contributed by atoms with E-state index in [-0.39, 0.29) is 0 Å². The van der Waals surface area contributed by atoms with Crippen molar-refractivity contribution in [2.24, 2.45) is 0 Å². The predicted molar refractivity (Wildman–Crippen MR) is 225 cm³/mol. The Hall–Kier alpha value is -6.40. The van der Waals surface area contributed by atoms with Crippen molar-refractivity contribution < 1.29 is 0 Å². The molecule has 0 fully saturated rings. The van der Waals surface area contributed by atoms with Crippen LogP contribution in [0.3, 0.4) is 0 Å². The molecule has 2 heteroatoms. The molecule has 0 radical (unpaired) electrons. The zero-order chi connectivity index (χ0) is 35.8. The van der Waals surface area contributed by atoms with E-state index in [2.05, 4.69) is 176 Å². The highest BCUT2D eigenvalue weighted by Crippen LogP contribution is 2.64. The van der Waals surface area contributed by atoms with Crippen molar-refractivity contribution in [2.45, 2.75) is 23.2 Å². The molecule has 1 heterocycles. The number of nitrogens with zero attached hydrogens (tertiary/aromatic N) is 1. The van der Waals surface area contributed by atoms with Gasteiger partial charge in [-0.2, -0.15) is 5.26 Å². The summed E-state index contributed by atoms with van der Waals surface area (Å²) in [6, 6.07) is 62.6. The molecular formula is C52H33NS. The van der Waals surface area contributed by atoms with E-state index >= 15 is 0 Å². The summed E-state index contributed by atoms with van der Waals surface area (Å²) < 4.78 is 0. The summed E-state index contributed by atoms with van der Waals surface area (Å²) in [5.74, 6) is 0. The summed E-state index contributed by atoms with van der Waals surface area (Å²) in [5.41, 5.74) is 15.2. The Balaban J connectivity index is 1.27. The van der Waals surface area contributed by atoms with Crippen LogP contribution in [0.5, 0.6) is 0 Å². The average molecular weight is 704 g/mol. The molecule has 1 unspecified atom stereocenters. The lowest BCUT2D eigenvalue weighted by Crippen LogP contribution is -2.33. The minimum atomic E-state index is -0.535. The van der Waals surface area contributed by atoms with Gasteiger partial charge < -0.3 is 0 Å². The lowest BCUT2D eigenvalue weighted by Gasteiger charge is -2.42. The van der Waals surface area contributed by atoms with Crippen LogP contribution in [0.25, 0.3) is 66.1 Å². The molecule has 3 aliphatic rings. The second-order valence-electron chi connectivity index (χ2n) is 14.5. The Labute approximate surface area is 319 Å². The third kappa shape index (κ3) is 4.34. The van der Waals surface area contributed by atoms with Gasteiger partial charge in [0.05, 0.1) is 11.0 Å². The average Bonchev–Trinajstić information content (AvgIpc) is 3.52. The fraction of sp³-hybridized carbons (Fsp3) is 0.0577. The molecular weight excluding hydrogens is 671 g/mol. The largest absolute Gasteiger partial charge is 0.192 e. The maximum atomic E-state index is 10.4. The van der Waals surface area contributed by atoms with Gasteiger partial charge in [-0.05, 0) is 124 Å². The van der Waals surface area contributed by atoms with E-state index in [9.17, 15) is 5.26 Å². The van der Waals surface area contributed by atoms with E-state index in [1.54, 1.807) is 0 Å².